The van der Waals surface area contributed by atoms with E-state index in [9.17, 15) is 0 Å². The Labute approximate surface area is 294 Å². The number of hydrogen-bond acceptors (Lipinski definition) is 1. The number of benzene rings is 10. The Morgan fingerprint density at radius 2 is 0.765 bits per heavy atom. The molecule has 0 N–H and O–H groups in total. The zero-order chi connectivity index (χ0) is 33.5. The fraction of sp³-hybridized carbons (Fsp3) is 0. The Bertz CT molecular complexity index is 3140. The first-order valence-corrected chi connectivity index (χ1v) is 17.6. The lowest BCUT2D eigenvalue weighted by atomic mass is 9.84. The van der Waals surface area contributed by atoms with Crippen LogP contribution in [0.15, 0.2) is 186 Å². The summed E-state index contributed by atoms with van der Waals surface area (Å²) in [5, 5.41) is 14.7. The highest BCUT2D eigenvalue weighted by Crippen LogP contribution is 2.46. The smallest absolute Gasteiger partial charge is 0.136 e. The van der Waals surface area contributed by atoms with E-state index in [-0.39, 0.29) is 0 Å². The fourth-order valence-corrected chi connectivity index (χ4v) is 8.48. The number of furan rings is 1. The molecule has 1 nitrogen and oxygen atoms in total. The minimum atomic E-state index is 0.912. The lowest BCUT2D eigenvalue weighted by Crippen LogP contribution is -1.92. The second kappa shape index (κ2) is 10.9. The molecule has 0 aliphatic heterocycles. The minimum absolute atomic E-state index is 0.912. The van der Waals surface area contributed by atoms with Gasteiger partial charge in [-0.2, -0.15) is 0 Å². The Kier molecular flexibility index (Phi) is 6.02. The third kappa shape index (κ3) is 4.28. The van der Waals surface area contributed by atoms with Crippen molar-refractivity contribution in [1.82, 2.24) is 0 Å². The van der Waals surface area contributed by atoms with Crippen molar-refractivity contribution in [2.45, 2.75) is 0 Å². The van der Waals surface area contributed by atoms with Crippen molar-refractivity contribution >= 4 is 75.8 Å². The Morgan fingerprint density at radius 3 is 1.47 bits per heavy atom. The standard InChI is InChI=1S/C50H30O/c1-2-12-32-27-36(24-23-31(32)11-1)49-41-15-5-7-17-43(41)50(44-18-8-6-16-42(44)49)40-22-10-20-38-37(19-9-21-39(38)40)35-25-26-47-45(29-35)46-28-33-13-3-4-14-34(33)30-48(46)51-47/h1-30H. The molecule has 1 heteroatoms. The summed E-state index contributed by atoms with van der Waals surface area (Å²) < 4.78 is 6.36. The largest absolute Gasteiger partial charge is 0.456 e. The summed E-state index contributed by atoms with van der Waals surface area (Å²) in [7, 11) is 0. The zero-order valence-corrected chi connectivity index (χ0v) is 27.7. The minimum Gasteiger partial charge on any atom is -0.456 e. The van der Waals surface area contributed by atoms with Gasteiger partial charge < -0.3 is 4.42 Å². The van der Waals surface area contributed by atoms with Gasteiger partial charge in [-0.1, -0.05) is 152 Å². The Balaban J connectivity index is 1.15. The Hall–Kier alpha value is -6.70. The van der Waals surface area contributed by atoms with Crippen molar-refractivity contribution in [3.63, 3.8) is 0 Å². The van der Waals surface area contributed by atoms with Crippen LogP contribution in [0, 0.1) is 0 Å². The van der Waals surface area contributed by atoms with Gasteiger partial charge in [0, 0.05) is 10.8 Å². The molecule has 11 rings (SSSR count). The molecule has 0 radical (unpaired) electrons. The molecule has 0 fully saturated rings. The molecule has 0 amide bonds. The molecule has 0 saturated carbocycles. The van der Waals surface area contributed by atoms with Crippen LogP contribution in [0.25, 0.3) is 109 Å². The van der Waals surface area contributed by atoms with Crippen molar-refractivity contribution in [3.05, 3.63) is 182 Å². The SMILES string of the molecule is c1ccc2cc(-c3c4ccccc4c(-c4cccc5c(-c6ccc7oc8cc9ccccc9cc8c7c6)cccc45)c4ccccc34)ccc2c1. The van der Waals surface area contributed by atoms with Gasteiger partial charge in [-0.25, -0.2) is 0 Å². The number of fused-ring (bicyclic) bond motifs is 8. The van der Waals surface area contributed by atoms with Gasteiger partial charge in [0.25, 0.3) is 0 Å². The second-order valence-corrected chi connectivity index (χ2v) is 13.6. The van der Waals surface area contributed by atoms with Crippen molar-refractivity contribution in [2.24, 2.45) is 0 Å². The van der Waals surface area contributed by atoms with Gasteiger partial charge in [-0.15, -0.1) is 0 Å². The van der Waals surface area contributed by atoms with Crippen molar-refractivity contribution in [2.75, 3.05) is 0 Å². The molecule has 1 heterocycles. The van der Waals surface area contributed by atoms with E-state index in [2.05, 4.69) is 182 Å². The quantitative estimate of drug-likeness (QED) is 0.174. The predicted octanol–water partition coefficient (Wildman–Crippen LogP) is 14.4. The molecular weight excluding hydrogens is 617 g/mol. The van der Waals surface area contributed by atoms with E-state index in [1.165, 1.54) is 87.2 Å². The van der Waals surface area contributed by atoms with Crippen LogP contribution in [0.5, 0.6) is 0 Å². The summed E-state index contributed by atoms with van der Waals surface area (Å²) in [4.78, 5) is 0. The first-order valence-electron chi connectivity index (χ1n) is 17.6. The molecule has 51 heavy (non-hydrogen) atoms. The van der Waals surface area contributed by atoms with E-state index in [0.717, 1.165) is 21.9 Å². The summed E-state index contributed by atoms with van der Waals surface area (Å²) in [5.41, 5.74) is 9.27. The van der Waals surface area contributed by atoms with Gasteiger partial charge in [-0.05, 0) is 118 Å². The topological polar surface area (TPSA) is 13.1 Å². The fourth-order valence-electron chi connectivity index (χ4n) is 8.48. The summed E-state index contributed by atoms with van der Waals surface area (Å²) in [6, 6.07) is 66.5. The molecule has 0 aliphatic rings. The molecule has 0 unspecified atom stereocenters. The van der Waals surface area contributed by atoms with Crippen LogP contribution in [0.1, 0.15) is 0 Å². The lowest BCUT2D eigenvalue weighted by Gasteiger charge is -2.19. The van der Waals surface area contributed by atoms with Crippen LogP contribution < -0.4 is 0 Å². The molecule has 0 bridgehead atoms. The average molecular weight is 647 g/mol. The van der Waals surface area contributed by atoms with E-state index in [1.54, 1.807) is 0 Å². The van der Waals surface area contributed by atoms with Gasteiger partial charge in [0.05, 0.1) is 0 Å². The zero-order valence-electron chi connectivity index (χ0n) is 27.7. The van der Waals surface area contributed by atoms with Gasteiger partial charge in [-0.3, -0.25) is 0 Å². The van der Waals surface area contributed by atoms with Crippen molar-refractivity contribution in [1.29, 1.82) is 0 Å². The molecular formula is C50H30O. The molecule has 1 aromatic heterocycles. The number of rotatable bonds is 3. The molecule has 0 atom stereocenters. The van der Waals surface area contributed by atoms with Crippen LogP contribution in [-0.4, -0.2) is 0 Å². The van der Waals surface area contributed by atoms with E-state index < -0.39 is 0 Å². The monoisotopic (exact) mass is 646 g/mol. The van der Waals surface area contributed by atoms with Crippen LogP contribution >= 0.6 is 0 Å². The third-order valence-electron chi connectivity index (χ3n) is 10.8. The molecule has 0 spiro atoms. The maximum absolute atomic E-state index is 6.36. The number of hydrogen-bond donors (Lipinski definition) is 0. The average Bonchev–Trinajstić information content (AvgIpc) is 3.55. The summed E-state index contributed by atoms with van der Waals surface area (Å²) in [5.74, 6) is 0. The molecule has 0 saturated heterocycles. The highest BCUT2D eigenvalue weighted by molar-refractivity contribution is 6.24. The van der Waals surface area contributed by atoms with Gasteiger partial charge >= 0.3 is 0 Å². The van der Waals surface area contributed by atoms with Gasteiger partial charge in [0.1, 0.15) is 11.2 Å². The van der Waals surface area contributed by atoms with E-state index in [0.29, 0.717) is 0 Å². The van der Waals surface area contributed by atoms with E-state index in [1.807, 2.05) is 0 Å². The highest BCUT2D eigenvalue weighted by atomic mass is 16.3. The predicted molar refractivity (Wildman–Crippen MR) is 218 cm³/mol. The first kappa shape index (κ1) is 28.2. The lowest BCUT2D eigenvalue weighted by molar-refractivity contribution is 0.669. The molecule has 11 aromatic rings. The third-order valence-corrected chi connectivity index (χ3v) is 10.8. The summed E-state index contributed by atoms with van der Waals surface area (Å²) in [6.07, 6.45) is 0. The Morgan fingerprint density at radius 1 is 0.255 bits per heavy atom. The maximum atomic E-state index is 6.36. The summed E-state index contributed by atoms with van der Waals surface area (Å²) in [6.45, 7) is 0. The van der Waals surface area contributed by atoms with Gasteiger partial charge in [0.2, 0.25) is 0 Å². The van der Waals surface area contributed by atoms with E-state index in [4.69, 9.17) is 4.42 Å². The van der Waals surface area contributed by atoms with Crippen molar-refractivity contribution < 1.29 is 4.42 Å². The maximum Gasteiger partial charge on any atom is 0.136 e. The van der Waals surface area contributed by atoms with E-state index >= 15 is 0 Å². The molecule has 0 aliphatic carbocycles. The van der Waals surface area contributed by atoms with Crippen molar-refractivity contribution in [3.8, 4) is 33.4 Å². The first-order chi connectivity index (χ1) is 25.3. The van der Waals surface area contributed by atoms with Crippen LogP contribution in [0.2, 0.25) is 0 Å². The molecule has 10 aromatic carbocycles. The van der Waals surface area contributed by atoms with Crippen LogP contribution in [0.3, 0.4) is 0 Å². The second-order valence-electron chi connectivity index (χ2n) is 13.6. The normalized spacial score (nSPS) is 11.9. The molecule has 236 valence electrons. The van der Waals surface area contributed by atoms with Crippen LogP contribution in [0.4, 0.5) is 0 Å². The highest BCUT2D eigenvalue weighted by Gasteiger charge is 2.19. The summed E-state index contributed by atoms with van der Waals surface area (Å²) >= 11 is 0. The van der Waals surface area contributed by atoms with Gasteiger partial charge in [0.15, 0.2) is 0 Å². The van der Waals surface area contributed by atoms with Crippen LogP contribution in [-0.2, 0) is 0 Å².